The Balaban J connectivity index is 1.61. The second kappa shape index (κ2) is 8.47. The number of sulfonamides is 1. The first-order valence-electron chi connectivity index (χ1n) is 9.11. The number of hydrogen-bond acceptors (Lipinski definition) is 6. The van der Waals surface area contributed by atoms with Crippen LogP contribution in [-0.4, -0.2) is 81.6 Å². The van der Waals surface area contributed by atoms with Gasteiger partial charge in [-0.3, -0.25) is 4.90 Å². The fourth-order valence-corrected chi connectivity index (χ4v) is 4.47. The molecule has 1 aromatic rings. The summed E-state index contributed by atoms with van der Waals surface area (Å²) in [7, 11) is -3.48. The Morgan fingerprint density at radius 3 is 2.38 bits per heavy atom. The molecule has 0 amide bonds. The lowest BCUT2D eigenvalue weighted by atomic mass is 10.2. The minimum absolute atomic E-state index is 0.255. The number of aromatic nitrogens is 1. The van der Waals surface area contributed by atoms with Crippen LogP contribution in [0.4, 0.5) is 5.82 Å². The van der Waals surface area contributed by atoms with Gasteiger partial charge in [-0.05, 0) is 26.0 Å². The topological polar surface area (TPSA) is 66.0 Å². The summed E-state index contributed by atoms with van der Waals surface area (Å²) in [4.78, 5) is 9.31. The summed E-state index contributed by atoms with van der Waals surface area (Å²) in [5.41, 5.74) is 1.34. The van der Waals surface area contributed by atoms with E-state index in [4.69, 9.17) is 4.74 Å². The highest BCUT2D eigenvalue weighted by atomic mass is 32.2. The number of pyridine rings is 1. The first-order chi connectivity index (χ1) is 12.5. The number of hydrogen-bond donors (Lipinski definition) is 0. The average Bonchev–Trinajstić information content (AvgIpc) is 2.67. The van der Waals surface area contributed by atoms with Crippen molar-refractivity contribution in [3.8, 4) is 0 Å². The van der Waals surface area contributed by atoms with Gasteiger partial charge in [0.25, 0.3) is 0 Å². The fraction of sp³-hybridized carbons (Fsp3) is 0.611. The summed E-state index contributed by atoms with van der Waals surface area (Å²) in [5, 5.41) is 0. The smallest absolute Gasteiger partial charge is 0.244 e. The Morgan fingerprint density at radius 1 is 1.12 bits per heavy atom. The van der Waals surface area contributed by atoms with E-state index in [-0.39, 0.29) is 4.90 Å². The SMILES string of the molecule is CC(C)=CCN1CCN(c2ccc(S(=O)(=O)N3CCOCC3)cn2)CC1. The Morgan fingerprint density at radius 2 is 1.81 bits per heavy atom. The molecule has 0 saturated carbocycles. The number of allylic oxidation sites excluding steroid dienone is 1. The number of rotatable bonds is 5. The van der Waals surface area contributed by atoms with Crippen LogP contribution in [0.1, 0.15) is 13.8 Å². The molecule has 2 aliphatic heterocycles. The van der Waals surface area contributed by atoms with Crippen molar-refractivity contribution in [2.75, 3.05) is 63.9 Å². The molecule has 26 heavy (non-hydrogen) atoms. The van der Waals surface area contributed by atoms with Crippen LogP contribution >= 0.6 is 0 Å². The summed E-state index contributed by atoms with van der Waals surface area (Å²) < 4.78 is 32.0. The zero-order valence-corrected chi connectivity index (χ0v) is 16.4. The van der Waals surface area contributed by atoms with Gasteiger partial charge in [0, 0.05) is 52.0 Å². The van der Waals surface area contributed by atoms with Gasteiger partial charge in [-0.1, -0.05) is 11.6 Å². The van der Waals surface area contributed by atoms with E-state index >= 15 is 0 Å². The third-order valence-electron chi connectivity index (χ3n) is 4.78. The Hall–Kier alpha value is -1.48. The van der Waals surface area contributed by atoms with Gasteiger partial charge in [-0.15, -0.1) is 0 Å². The molecule has 0 bridgehead atoms. The molecule has 0 radical (unpaired) electrons. The minimum atomic E-state index is -3.48. The van der Waals surface area contributed by atoms with E-state index in [2.05, 4.69) is 34.7 Å². The van der Waals surface area contributed by atoms with Crippen LogP contribution in [0.3, 0.4) is 0 Å². The molecular weight excluding hydrogens is 352 g/mol. The molecule has 8 heteroatoms. The quantitative estimate of drug-likeness (QED) is 0.715. The summed E-state index contributed by atoms with van der Waals surface area (Å²) >= 11 is 0. The van der Waals surface area contributed by atoms with Gasteiger partial charge in [-0.25, -0.2) is 13.4 Å². The predicted octanol–water partition coefficient (Wildman–Crippen LogP) is 1.19. The summed E-state index contributed by atoms with van der Waals surface area (Å²) in [5.74, 6) is 0.841. The molecule has 0 unspecified atom stereocenters. The standard InChI is InChI=1S/C18H28N4O3S/c1-16(2)5-6-20-7-9-21(10-8-20)18-4-3-17(15-19-18)26(23,24)22-11-13-25-14-12-22/h3-5,15H,6-14H2,1-2H3. The molecule has 3 heterocycles. The molecular formula is C18H28N4O3S. The van der Waals surface area contributed by atoms with E-state index in [0.717, 1.165) is 38.5 Å². The number of anilines is 1. The summed E-state index contributed by atoms with van der Waals surface area (Å²) in [6.07, 6.45) is 3.73. The highest BCUT2D eigenvalue weighted by Crippen LogP contribution is 2.20. The Labute approximate surface area is 156 Å². The van der Waals surface area contributed by atoms with E-state index in [1.54, 1.807) is 6.07 Å². The second-order valence-electron chi connectivity index (χ2n) is 6.94. The summed E-state index contributed by atoms with van der Waals surface area (Å²) in [6, 6.07) is 3.49. The second-order valence-corrected chi connectivity index (χ2v) is 8.88. The average molecular weight is 381 g/mol. The third kappa shape index (κ3) is 4.62. The molecule has 2 fully saturated rings. The van der Waals surface area contributed by atoms with Crippen LogP contribution in [0.2, 0.25) is 0 Å². The molecule has 0 aliphatic carbocycles. The molecule has 2 saturated heterocycles. The van der Waals surface area contributed by atoms with Crippen molar-refractivity contribution in [3.63, 3.8) is 0 Å². The highest BCUT2D eigenvalue weighted by Gasteiger charge is 2.27. The van der Waals surface area contributed by atoms with E-state index in [1.165, 1.54) is 16.1 Å². The number of piperazine rings is 1. The van der Waals surface area contributed by atoms with Crippen molar-refractivity contribution in [1.82, 2.24) is 14.2 Å². The van der Waals surface area contributed by atoms with Crippen LogP contribution in [0.5, 0.6) is 0 Å². The molecule has 0 spiro atoms. The lowest BCUT2D eigenvalue weighted by molar-refractivity contribution is 0.0730. The van der Waals surface area contributed by atoms with Gasteiger partial charge >= 0.3 is 0 Å². The van der Waals surface area contributed by atoms with Crippen LogP contribution in [0, 0.1) is 0 Å². The first-order valence-corrected chi connectivity index (χ1v) is 10.6. The number of morpholine rings is 1. The molecule has 7 nitrogen and oxygen atoms in total. The van der Waals surface area contributed by atoms with E-state index in [1.807, 2.05) is 6.07 Å². The monoisotopic (exact) mass is 380 g/mol. The lowest BCUT2D eigenvalue weighted by Gasteiger charge is -2.35. The van der Waals surface area contributed by atoms with Crippen molar-refractivity contribution in [3.05, 3.63) is 30.0 Å². The maximum atomic E-state index is 12.6. The van der Waals surface area contributed by atoms with Crippen LogP contribution < -0.4 is 4.90 Å². The van der Waals surface area contributed by atoms with Crippen molar-refractivity contribution >= 4 is 15.8 Å². The Bertz CT molecular complexity index is 715. The van der Waals surface area contributed by atoms with Crippen molar-refractivity contribution in [1.29, 1.82) is 0 Å². The zero-order valence-electron chi connectivity index (χ0n) is 15.6. The molecule has 0 N–H and O–H groups in total. The van der Waals surface area contributed by atoms with Gasteiger partial charge in [-0.2, -0.15) is 4.31 Å². The van der Waals surface area contributed by atoms with Gasteiger partial charge in [0.1, 0.15) is 10.7 Å². The normalized spacial score (nSPS) is 20.2. The van der Waals surface area contributed by atoms with E-state index in [0.29, 0.717) is 26.3 Å². The largest absolute Gasteiger partial charge is 0.379 e. The molecule has 2 aliphatic rings. The lowest BCUT2D eigenvalue weighted by Crippen LogP contribution is -2.46. The van der Waals surface area contributed by atoms with Crippen molar-refractivity contribution < 1.29 is 13.2 Å². The van der Waals surface area contributed by atoms with Crippen molar-refractivity contribution in [2.24, 2.45) is 0 Å². The molecule has 144 valence electrons. The highest BCUT2D eigenvalue weighted by molar-refractivity contribution is 7.89. The van der Waals surface area contributed by atoms with Gasteiger partial charge in [0.15, 0.2) is 0 Å². The van der Waals surface area contributed by atoms with Crippen LogP contribution in [0.25, 0.3) is 0 Å². The number of ether oxygens (including phenoxy) is 1. The summed E-state index contributed by atoms with van der Waals surface area (Å²) in [6.45, 7) is 10.7. The zero-order chi connectivity index (χ0) is 18.6. The maximum absolute atomic E-state index is 12.6. The number of nitrogens with zero attached hydrogens (tertiary/aromatic N) is 4. The molecule has 0 atom stereocenters. The molecule has 1 aromatic heterocycles. The van der Waals surface area contributed by atoms with E-state index < -0.39 is 10.0 Å². The van der Waals surface area contributed by atoms with Gasteiger partial charge < -0.3 is 9.64 Å². The van der Waals surface area contributed by atoms with Crippen molar-refractivity contribution in [2.45, 2.75) is 18.7 Å². The van der Waals surface area contributed by atoms with Gasteiger partial charge in [0.05, 0.1) is 13.2 Å². The van der Waals surface area contributed by atoms with Gasteiger partial charge in [0.2, 0.25) is 10.0 Å². The van der Waals surface area contributed by atoms with Crippen LogP contribution in [0.15, 0.2) is 34.9 Å². The maximum Gasteiger partial charge on any atom is 0.244 e. The third-order valence-corrected chi connectivity index (χ3v) is 6.66. The fourth-order valence-electron chi connectivity index (χ4n) is 3.12. The minimum Gasteiger partial charge on any atom is -0.379 e. The first kappa shape index (κ1) is 19.3. The predicted molar refractivity (Wildman–Crippen MR) is 102 cm³/mol. The molecule has 0 aromatic carbocycles. The van der Waals surface area contributed by atoms with Crippen LogP contribution in [-0.2, 0) is 14.8 Å². The molecule has 3 rings (SSSR count). The Kier molecular flexibility index (Phi) is 6.29. The van der Waals surface area contributed by atoms with E-state index in [9.17, 15) is 8.42 Å².